The highest BCUT2D eigenvalue weighted by Gasteiger charge is 2.45. The van der Waals surface area contributed by atoms with Gasteiger partial charge in [-0.05, 0) is 42.8 Å². The van der Waals surface area contributed by atoms with Crippen molar-refractivity contribution in [2.45, 2.75) is 18.9 Å². The third-order valence-electron chi connectivity index (χ3n) is 11.1. The van der Waals surface area contributed by atoms with Gasteiger partial charge in [0.05, 0.1) is 126 Å². The van der Waals surface area contributed by atoms with Gasteiger partial charge in [-0.15, -0.1) is 0 Å². The molecule has 0 radical (unpaired) electrons. The molecule has 2 aromatic heterocycles. The molecular formula is C50H57ClN8O14. The van der Waals surface area contributed by atoms with E-state index in [2.05, 4.69) is 36.2 Å². The Morgan fingerprint density at radius 3 is 1.93 bits per heavy atom. The van der Waals surface area contributed by atoms with Crippen molar-refractivity contribution < 1.29 is 66.7 Å². The number of nitrogens with zero attached hydrogens (tertiary/aromatic N) is 3. The highest BCUT2D eigenvalue weighted by Crippen LogP contribution is 2.33. The first-order chi connectivity index (χ1) is 35.7. The van der Waals surface area contributed by atoms with Crippen LogP contribution in [0.2, 0.25) is 5.02 Å². The molecule has 5 amide bonds. The summed E-state index contributed by atoms with van der Waals surface area (Å²) in [5.41, 5.74) is 1.84. The van der Waals surface area contributed by atoms with Crippen LogP contribution in [0.15, 0.2) is 79.3 Å². The topological polar surface area (TPSA) is 269 Å². The Hall–Kier alpha value is -6.89. The summed E-state index contributed by atoms with van der Waals surface area (Å²) in [5.74, 6) is -1.43. The maximum Gasteiger partial charge on any atom is 0.264 e. The number of rotatable bonds is 33. The van der Waals surface area contributed by atoms with Crippen molar-refractivity contribution in [2.24, 2.45) is 0 Å². The van der Waals surface area contributed by atoms with Crippen LogP contribution in [0, 0.1) is 0 Å². The molecule has 0 spiro atoms. The van der Waals surface area contributed by atoms with E-state index in [-0.39, 0.29) is 65.9 Å². The molecule has 0 aliphatic carbocycles. The highest BCUT2D eigenvalue weighted by molar-refractivity contribution is 6.36. The molecule has 1 saturated heterocycles. The standard InChI is InChI=1S/C50H57ClN8O14/c51-38-29-34(73-33-5-2-1-3-6-33)9-10-35(38)45(62)37-30-54-46-44(37)47(57-32-56-46)55-31-42(61)53-14-16-67-18-20-69-22-24-71-26-28-72-27-25-70-23-21-68-19-17-66-15-13-52-39-8-4-7-36-43(39)50(65)59(49(36)64)40-11-12-41(60)58-48(40)63/h1-10,29-30,32,40,52H,11-28,31H2,(H,53,61)(H,58,60,63)(H2,54,55,56,57). The van der Waals surface area contributed by atoms with Crippen LogP contribution in [0.5, 0.6) is 11.5 Å². The zero-order valence-corrected chi connectivity index (χ0v) is 40.7. The number of carbonyl (C=O) groups is 6. The summed E-state index contributed by atoms with van der Waals surface area (Å²) in [6.45, 7) is 5.76. The van der Waals surface area contributed by atoms with Gasteiger partial charge in [0, 0.05) is 43.0 Å². The number of aromatic nitrogens is 3. The first kappa shape index (κ1) is 53.9. The molecule has 7 rings (SSSR count). The Morgan fingerprint density at radius 2 is 1.30 bits per heavy atom. The fourth-order valence-corrected chi connectivity index (χ4v) is 7.88. The van der Waals surface area contributed by atoms with Crippen LogP contribution in [0.3, 0.4) is 0 Å². The van der Waals surface area contributed by atoms with Gasteiger partial charge in [-0.1, -0.05) is 35.9 Å². The van der Waals surface area contributed by atoms with E-state index < -0.39 is 29.7 Å². The van der Waals surface area contributed by atoms with Gasteiger partial charge >= 0.3 is 0 Å². The van der Waals surface area contributed by atoms with Crippen LogP contribution >= 0.6 is 11.6 Å². The predicted molar refractivity (Wildman–Crippen MR) is 264 cm³/mol. The van der Waals surface area contributed by atoms with Crippen molar-refractivity contribution in [3.05, 3.63) is 107 Å². The molecule has 1 atom stereocenters. The Balaban J connectivity index is 0.629. The number of imide groups is 2. The van der Waals surface area contributed by atoms with E-state index in [1.807, 2.05) is 30.3 Å². The average molecular weight is 1030 g/mol. The SMILES string of the molecule is O=C(CNc1ncnc2[nH]cc(C(=O)c3ccc(Oc4ccccc4)cc3Cl)c12)NCCOCCOCCOCCOCCOCCOCCOCCNc1cccc2c1C(=O)N(C1CCC(=O)NC1=O)C2=O. The lowest BCUT2D eigenvalue weighted by Crippen LogP contribution is -2.54. The van der Waals surface area contributed by atoms with Crippen LogP contribution in [-0.4, -0.2) is 173 Å². The first-order valence-electron chi connectivity index (χ1n) is 23.7. The molecule has 0 bridgehead atoms. The zero-order valence-electron chi connectivity index (χ0n) is 40.0. The molecule has 4 heterocycles. The number of ketones is 1. The molecule has 23 heteroatoms. The molecule has 2 aliphatic rings. The minimum atomic E-state index is -1.03. The number of fused-ring (bicyclic) bond motifs is 2. The van der Waals surface area contributed by atoms with Crippen LogP contribution in [0.4, 0.5) is 11.5 Å². The maximum atomic E-state index is 13.6. The number of anilines is 2. The summed E-state index contributed by atoms with van der Waals surface area (Å²) < 4.78 is 44.6. The molecule has 1 unspecified atom stereocenters. The highest BCUT2D eigenvalue weighted by atomic mass is 35.5. The van der Waals surface area contributed by atoms with Gasteiger partial charge in [0.25, 0.3) is 11.8 Å². The average Bonchev–Trinajstić information content (AvgIpc) is 3.94. The van der Waals surface area contributed by atoms with Crippen molar-refractivity contribution in [1.29, 1.82) is 0 Å². The first-order valence-corrected chi connectivity index (χ1v) is 24.1. The van der Waals surface area contributed by atoms with E-state index in [9.17, 15) is 28.8 Å². The van der Waals surface area contributed by atoms with Crippen LogP contribution < -0.4 is 26.0 Å². The number of ether oxygens (including phenoxy) is 8. The molecule has 1 fully saturated rings. The van der Waals surface area contributed by atoms with E-state index in [0.717, 1.165) is 4.90 Å². The number of H-pyrrole nitrogens is 1. The van der Waals surface area contributed by atoms with E-state index in [1.54, 1.807) is 36.4 Å². The van der Waals surface area contributed by atoms with Crippen LogP contribution in [0.1, 0.15) is 49.5 Å². The summed E-state index contributed by atoms with van der Waals surface area (Å²) in [6.07, 6.45) is 3.01. The number of para-hydroxylation sites is 1. The Bertz CT molecular complexity index is 2670. The third-order valence-corrected chi connectivity index (χ3v) is 11.4. The smallest absolute Gasteiger partial charge is 0.264 e. The summed E-state index contributed by atoms with van der Waals surface area (Å²) in [6, 6.07) is 17.9. The number of hydrogen-bond donors (Lipinski definition) is 5. The summed E-state index contributed by atoms with van der Waals surface area (Å²) >= 11 is 6.53. The lowest BCUT2D eigenvalue weighted by molar-refractivity contribution is -0.136. The molecular weight excluding hydrogens is 972 g/mol. The largest absolute Gasteiger partial charge is 0.457 e. The van der Waals surface area contributed by atoms with Crippen molar-refractivity contribution in [3.8, 4) is 11.5 Å². The minimum Gasteiger partial charge on any atom is -0.457 e. The molecule has 3 aromatic carbocycles. The fraction of sp³-hybridized carbons (Fsp3) is 0.400. The molecule has 2 aliphatic heterocycles. The Kier molecular flexibility index (Phi) is 21.0. The van der Waals surface area contributed by atoms with E-state index in [0.29, 0.717) is 132 Å². The number of amides is 5. The number of carbonyl (C=O) groups excluding carboxylic acids is 6. The second-order valence-corrected chi connectivity index (χ2v) is 16.5. The summed E-state index contributed by atoms with van der Waals surface area (Å²) in [4.78, 5) is 88.8. The van der Waals surface area contributed by atoms with E-state index in [1.165, 1.54) is 12.5 Å². The van der Waals surface area contributed by atoms with Gasteiger partial charge in [-0.25, -0.2) is 9.97 Å². The Morgan fingerprint density at radius 1 is 0.671 bits per heavy atom. The van der Waals surface area contributed by atoms with Crippen LogP contribution in [0.25, 0.3) is 11.0 Å². The molecule has 0 saturated carbocycles. The van der Waals surface area contributed by atoms with Gasteiger partial charge in [0.2, 0.25) is 17.7 Å². The van der Waals surface area contributed by atoms with Crippen LogP contribution in [-0.2, 0) is 47.5 Å². The number of aromatic amines is 1. The van der Waals surface area contributed by atoms with Gasteiger partial charge in [-0.2, -0.15) is 0 Å². The van der Waals surface area contributed by atoms with Crippen molar-refractivity contribution in [3.63, 3.8) is 0 Å². The fourth-order valence-electron chi connectivity index (χ4n) is 7.62. The van der Waals surface area contributed by atoms with E-state index >= 15 is 0 Å². The number of nitrogens with one attached hydrogen (secondary N) is 5. The lowest BCUT2D eigenvalue weighted by Gasteiger charge is -2.27. The van der Waals surface area contributed by atoms with Crippen molar-refractivity contribution in [1.82, 2.24) is 30.5 Å². The lowest BCUT2D eigenvalue weighted by atomic mass is 10.0. The van der Waals surface area contributed by atoms with E-state index in [4.69, 9.17) is 49.5 Å². The monoisotopic (exact) mass is 1030 g/mol. The van der Waals surface area contributed by atoms with Gasteiger partial charge in [-0.3, -0.25) is 39.0 Å². The molecule has 73 heavy (non-hydrogen) atoms. The number of hydrogen-bond acceptors (Lipinski definition) is 18. The van der Waals surface area contributed by atoms with Gasteiger partial charge < -0.3 is 58.8 Å². The number of piperidine rings is 1. The molecule has 5 N–H and O–H groups in total. The zero-order chi connectivity index (χ0) is 51.2. The molecule has 5 aromatic rings. The second-order valence-electron chi connectivity index (χ2n) is 16.1. The quantitative estimate of drug-likeness (QED) is 0.0227. The minimum absolute atomic E-state index is 0.0531. The van der Waals surface area contributed by atoms with Crippen molar-refractivity contribution in [2.75, 3.05) is 123 Å². The summed E-state index contributed by atoms with van der Waals surface area (Å²) in [5, 5.41) is 11.7. The maximum absolute atomic E-state index is 13.6. The molecule has 388 valence electrons. The predicted octanol–water partition coefficient (Wildman–Crippen LogP) is 3.79. The number of halogens is 1. The normalized spacial score (nSPS) is 14.4. The van der Waals surface area contributed by atoms with Gasteiger partial charge in [0.15, 0.2) is 5.78 Å². The third kappa shape index (κ3) is 15.6. The molecule has 22 nitrogen and oxygen atoms in total. The Labute approximate surface area is 425 Å². The van der Waals surface area contributed by atoms with Crippen molar-refractivity contribution >= 4 is 69.5 Å². The number of benzene rings is 3. The van der Waals surface area contributed by atoms with Gasteiger partial charge in [0.1, 0.15) is 35.3 Å². The summed E-state index contributed by atoms with van der Waals surface area (Å²) in [7, 11) is 0. The second kappa shape index (κ2) is 28.4.